The Hall–Kier alpha value is -3.01. The molecule has 4 nitrogen and oxygen atoms in total. The van der Waals surface area contributed by atoms with Gasteiger partial charge in [-0.15, -0.1) is 0 Å². The number of benzene rings is 2. The minimum absolute atomic E-state index is 0.223. The maximum Gasteiger partial charge on any atom is 0.328 e. The molecule has 0 aromatic heterocycles. The molecule has 0 amide bonds. The Bertz CT molecular complexity index is 702. The molecule has 2 aromatic rings. The summed E-state index contributed by atoms with van der Waals surface area (Å²) in [6.45, 7) is 0.377. The van der Waals surface area contributed by atoms with Crippen LogP contribution in [0.5, 0.6) is 11.5 Å². The second kappa shape index (κ2) is 7.69. The number of aromatic hydroxyl groups is 1. The largest absolute Gasteiger partial charge is 0.508 e. The van der Waals surface area contributed by atoms with E-state index in [-0.39, 0.29) is 5.75 Å². The minimum atomic E-state index is -0.986. The molecule has 0 fully saturated rings. The molecule has 0 spiro atoms. The molecule has 0 saturated carbocycles. The van der Waals surface area contributed by atoms with Gasteiger partial charge in [0.2, 0.25) is 0 Å². The third-order valence-corrected chi connectivity index (χ3v) is 2.80. The molecule has 2 rings (SSSR count). The predicted molar refractivity (Wildman–Crippen MR) is 85.7 cm³/mol. The zero-order valence-electron chi connectivity index (χ0n) is 11.8. The smallest absolute Gasteiger partial charge is 0.328 e. The molecule has 4 heteroatoms. The molecule has 22 heavy (non-hydrogen) atoms. The normalized spacial score (nSPS) is 11.1. The molecule has 0 aliphatic heterocycles. The van der Waals surface area contributed by atoms with Crippen LogP contribution in [0.1, 0.15) is 11.1 Å². The van der Waals surface area contributed by atoms with Crippen molar-refractivity contribution in [2.45, 2.75) is 0 Å². The highest BCUT2D eigenvalue weighted by atomic mass is 16.5. The van der Waals surface area contributed by atoms with E-state index in [0.717, 1.165) is 17.2 Å². The lowest BCUT2D eigenvalue weighted by Gasteiger charge is -2.04. The van der Waals surface area contributed by atoms with E-state index >= 15 is 0 Å². The van der Waals surface area contributed by atoms with Crippen LogP contribution in [0.2, 0.25) is 0 Å². The van der Waals surface area contributed by atoms with E-state index < -0.39 is 5.97 Å². The van der Waals surface area contributed by atoms with Gasteiger partial charge in [-0.1, -0.05) is 30.3 Å². The number of hydrogen-bond acceptors (Lipinski definition) is 3. The zero-order valence-corrected chi connectivity index (χ0v) is 11.8. The summed E-state index contributed by atoms with van der Waals surface area (Å²) in [7, 11) is 0. The predicted octanol–water partition coefficient (Wildman–Crippen LogP) is 3.58. The lowest BCUT2D eigenvalue weighted by atomic mass is 10.2. The second-order valence-electron chi connectivity index (χ2n) is 4.55. The Labute approximate surface area is 128 Å². The molecule has 0 saturated heterocycles. The number of carboxylic acids is 1. The lowest BCUT2D eigenvalue weighted by molar-refractivity contribution is -0.131. The fraction of sp³-hybridized carbons (Fsp3) is 0.0556. The van der Waals surface area contributed by atoms with Gasteiger partial charge in [0.1, 0.15) is 18.1 Å². The van der Waals surface area contributed by atoms with Crippen LogP contribution >= 0.6 is 0 Å². The number of carbonyl (C=O) groups is 1. The monoisotopic (exact) mass is 296 g/mol. The first kappa shape index (κ1) is 15.4. The molecule has 0 atom stereocenters. The SMILES string of the molecule is O=C(O)/C=C/c1cccc(OC/C=C/c2cccc(O)c2)c1. The zero-order chi connectivity index (χ0) is 15.8. The van der Waals surface area contributed by atoms with Gasteiger partial charge in [0.15, 0.2) is 0 Å². The summed E-state index contributed by atoms with van der Waals surface area (Å²) >= 11 is 0. The molecular formula is C18H16O4. The molecule has 2 aromatic carbocycles. The van der Waals surface area contributed by atoms with Gasteiger partial charge in [-0.3, -0.25) is 0 Å². The van der Waals surface area contributed by atoms with Crippen LogP contribution in [0, 0.1) is 0 Å². The third kappa shape index (κ3) is 5.17. The van der Waals surface area contributed by atoms with Crippen molar-refractivity contribution in [1.82, 2.24) is 0 Å². The highest BCUT2D eigenvalue weighted by molar-refractivity contribution is 5.85. The topological polar surface area (TPSA) is 66.8 Å². The fourth-order valence-electron chi connectivity index (χ4n) is 1.83. The Morgan fingerprint density at radius 2 is 1.77 bits per heavy atom. The van der Waals surface area contributed by atoms with Crippen LogP contribution in [-0.2, 0) is 4.79 Å². The Morgan fingerprint density at radius 1 is 1.05 bits per heavy atom. The highest BCUT2D eigenvalue weighted by Gasteiger charge is 1.95. The van der Waals surface area contributed by atoms with Gasteiger partial charge < -0.3 is 14.9 Å². The molecular weight excluding hydrogens is 280 g/mol. The summed E-state index contributed by atoms with van der Waals surface area (Å²) in [5, 5.41) is 18.0. The summed E-state index contributed by atoms with van der Waals surface area (Å²) in [6.07, 6.45) is 6.29. The number of aliphatic carboxylic acids is 1. The summed E-state index contributed by atoms with van der Waals surface area (Å²) < 4.78 is 5.57. The van der Waals surface area contributed by atoms with Crippen LogP contribution in [0.25, 0.3) is 12.2 Å². The van der Waals surface area contributed by atoms with Crippen molar-refractivity contribution in [3.8, 4) is 11.5 Å². The van der Waals surface area contributed by atoms with Crippen molar-refractivity contribution in [2.24, 2.45) is 0 Å². The average molecular weight is 296 g/mol. The Kier molecular flexibility index (Phi) is 5.37. The number of hydrogen-bond donors (Lipinski definition) is 2. The van der Waals surface area contributed by atoms with Crippen LogP contribution in [0.15, 0.2) is 60.7 Å². The van der Waals surface area contributed by atoms with Crippen molar-refractivity contribution in [3.63, 3.8) is 0 Å². The van der Waals surface area contributed by atoms with E-state index in [2.05, 4.69) is 0 Å². The van der Waals surface area contributed by atoms with E-state index in [0.29, 0.717) is 12.4 Å². The number of carboxylic acid groups (broad SMARTS) is 1. The first-order chi connectivity index (χ1) is 10.6. The van der Waals surface area contributed by atoms with E-state index in [1.165, 1.54) is 6.08 Å². The summed E-state index contributed by atoms with van der Waals surface area (Å²) in [5.41, 5.74) is 1.65. The summed E-state index contributed by atoms with van der Waals surface area (Å²) in [4.78, 5) is 10.5. The molecule has 0 unspecified atom stereocenters. The second-order valence-corrected chi connectivity index (χ2v) is 4.55. The van der Waals surface area contributed by atoms with E-state index in [1.807, 2.05) is 18.2 Å². The molecule has 0 bridgehead atoms. The first-order valence-corrected chi connectivity index (χ1v) is 6.73. The number of phenols is 1. The van der Waals surface area contributed by atoms with Crippen LogP contribution in [0.4, 0.5) is 0 Å². The standard InChI is InChI=1S/C18H16O4/c19-16-7-1-4-14(12-16)6-3-11-22-17-8-2-5-15(13-17)9-10-18(20)21/h1-10,12-13,19H,11H2,(H,20,21)/b6-3+,10-9+. The quantitative estimate of drug-likeness (QED) is 0.800. The molecule has 0 heterocycles. The minimum Gasteiger partial charge on any atom is -0.508 e. The van der Waals surface area contributed by atoms with Gasteiger partial charge in [0, 0.05) is 6.08 Å². The molecule has 112 valence electrons. The van der Waals surface area contributed by atoms with Gasteiger partial charge in [0.25, 0.3) is 0 Å². The number of phenolic OH excluding ortho intramolecular Hbond substituents is 1. The van der Waals surface area contributed by atoms with Gasteiger partial charge in [0.05, 0.1) is 0 Å². The Morgan fingerprint density at radius 3 is 2.50 bits per heavy atom. The highest BCUT2D eigenvalue weighted by Crippen LogP contribution is 2.15. The van der Waals surface area contributed by atoms with Crippen molar-refractivity contribution in [1.29, 1.82) is 0 Å². The molecule has 2 N–H and O–H groups in total. The van der Waals surface area contributed by atoms with Crippen LogP contribution in [0.3, 0.4) is 0 Å². The van der Waals surface area contributed by atoms with Crippen LogP contribution < -0.4 is 4.74 Å². The Balaban J connectivity index is 1.91. The van der Waals surface area contributed by atoms with Gasteiger partial charge in [-0.2, -0.15) is 0 Å². The number of rotatable bonds is 6. The third-order valence-electron chi connectivity index (χ3n) is 2.80. The van der Waals surface area contributed by atoms with Gasteiger partial charge in [-0.25, -0.2) is 4.79 Å². The van der Waals surface area contributed by atoms with Crippen molar-refractivity contribution in [3.05, 3.63) is 71.8 Å². The summed E-state index contributed by atoms with van der Waals surface area (Å²) in [6, 6.07) is 14.1. The fourth-order valence-corrected chi connectivity index (χ4v) is 1.83. The molecule has 0 aliphatic carbocycles. The van der Waals surface area contributed by atoms with E-state index in [9.17, 15) is 9.90 Å². The number of ether oxygens (including phenoxy) is 1. The van der Waals surface area contributed by atoms with Crippen molar-refractivity contribution >= 4 is 18.1 Å². The average Bonchev–Trinajstić information content (AvgIpc) is 2.50. The van der Waals surface area contributed by atoms with Crippen LogP contribution in [-0.4, -0.2) is 22.8 Å². The van der Waals surface area contributed by atoms with E-state index in [1.54, 1.807) is 42.5 Å². The van der Waals surface area contributed by atoms with Crippen molar-refractivity contribution < 1.29 is 19.7 Å². The first-order valence-electron chi connectivity index (χ1n) is 6.73. The van der Waals surface area contributed by atoms with E-state index in [4.69, 9.17) is 9.84 Å². The lowest BCUT2D eigenvalue weighted by Crippen LogP contribution is -1.93. The van der Waals surface area contributed by atoms with Gasteiger partial charge >= 0.3 is 5.97 Å². The molecule has 0 radical (unpaired) electrons. The molecule has 0 aliphatic rings. The van der Waals surface area contributed by atoms with Crippen molar-refractivity contribution in [2.75, 3.05) is 6.61 Å². The van der Waals surface area contributed by atoms with Gasteiger partial charge in [-0.05, 0) is 47.5 Å². The maximum absolute atomic E-state index is 10.5. The summed E-state index contributed by atoms with van der Waals surface area (Å²) in [5.74, 6) is -0.102. The maximum atomic E-state index is 10.5.